The average Bonchev–Trinajstić information content (AvgIpc) is 4.20. The van der Waals surface area contributed by atoms with Crippen molar-refractivity contribution < 1.29 is 4.42 Å². The van der Waals surface area contributed by atoms with Crippen LogP contribution in [0.5, 0.6) is 0 Å². The minimum atomic E-state index is -0.147. The molecule has 0 saturated carbocycles. The Kier molecular flexibility index (Phi) is 7.67. The van der Waals surface area contributed by atoms with E-state index in [0.717, 1.165) is 66.9 Å². The molecule has 0 aliphatic carbocycles. The molecule has 11 aromatic carbocycles. The van der Waals surface area contributed by atoms with Crippen molar-refractivity contribution >= 4 is 137 Å². The lowest BCUT2D eigenvalue weighted by Gasteiger charge is -2.42. The first-order valence-electron chi connectivity index (χ1n) is 24.8. The van der Waals surface area contributed by atoms with Crippen molar-refractivity contribution in [2.75, 3.05) is 4.90 Å². The molecular weight excluding hydrogens is 894 g/mol. The number of para-hydroxylation sites is 5. The molecule has 2 aliphatic rings. The van der Waals surface area contributed by atoms with Gasteiger partial charge >= 0.3 is 0 Å². The number of thiophene rings is 1. The Balaban J connectivity index is 1.12. The maximum atomic E-state index is 6.93. The number of hydrogen-bond donors (Lipinski definition) is 0. The van der Waals surface area contributed by atoms with Crippen molar-refractivity contribution in [1.29, 1.82) is 0 Å². The van der Waals surface area contributed by atoms with Crippen molar-refractivity contribution in [3.63, 3.8) is 0 Å². The summed E-state index contributed by atoms with van der Waals surface area (Å²) in [6, 6.07) is 85.5. The van der Waals surface area contributed by atoms with Crippen molar-refractivity contribution in [2.45, 2.75) is 0 Å². The quantitative estimate of drug-likeness (QED) is 0.164. The third-order valence-electron chi connectivity index (χ3n) is 15.9. The third kappa shape index (κ3) is 5.06. The fraction of sp³-hybridized carbons (Fsp3) is 0. The van der Waals surface area contributed by atoms with Gasteiger partial charge in [0.25, 0.3) is 6.71 Å². The van der Waals surface area contributed by atoms with E-state index >= 15 is 0 Å². The summed E-state index contributed by atoms with van der Waals surface area (Å²) in [5.74, 6) is 0. The summed E-state index contributed by atoms with van der Waals surface area (Å²) in [5.41, 5.74) is 20.9. The lowest BCUT2D eigenvalue weighted by molar-refractivity contribution is 0.669. The molecule has 0 radical (unpaired) electrons. The molecule has 4 nitrogen and oxygen atoms in total. The lowest BCUT2D eigenvalue weighted by atomic mass is 9.33. The van der Waals surface area contributed by atoms with E-state index in [0.29, 0.717) is 0 Å². The largest absolute Gasteiger partial charge is 0.456 e. The van der Waals surface area contributed by atoms with Gasteiger partial charge in [0.05, 0.1) is 33.4 Å². The molecule has 6 heterocycles. The van der Waals surface area contributed by atoms with Gasteiger partial charge in [-0.05, 0) is 88.2 Å². The normalized spacial score (nSPS) is 12.9. The number of furan rings is 1. The Hall–Kier alpha value is -9.10. The van der Waals surface area contributed by atoms with Crippen LogP contribution in [-0.2, 0) is 0 Å². The molecule has 0 bridgehead atoms. The predicted molar refractivity (Wildman–Crippen MR) is 305 cm³/mol. The molecular formula is C66H38BN3OS. The predicted octanol–water partition coefficient (Wildman–Crippen LogP) is 16.1. The van der Waals surface area contributed by atoms with Crippen molar-refractivity contribution in [3.05, 3.63) is 231 Å². The monoisotopic (exact) mass is 931 g/mol. The first kappa shape index (κ1) is 38.7. The van der Waals surface area contributed by atoms with Gasteiger partial charge < -0.3 is 18.5 Å². The number of rotatable bonds is 4. The smallest absolute Gasteiger partial charge is 0.254 e. The summed E-state index contributed by atoms with van der Waals surface area (Å²) in [6.45, 7) is -0.147. The SMILES string of the molecule is c1ccc(-c2cccc(-c3ccccc3)c2N2c3cc4c(cc3B3c5c2cc(-n2c6ccccc6c6ccccc62)cc5-n2c5ccccc5c5cc6c(sc7ccccc76)c3c52)oc2ccccc24)cc1. The van der Waals surface area contributed by atoms with Crippen LogP contribution in [0.1, 0.15) is 0 Å². The fourth-order valence-corrected chi connectivity index (χ4v) is 14.2. The maximum absolute atomic E-state index is 6.93. The molecule has 2 aliphatic heterocycles. The maximum Gasteiger partial charge on any atom is 0.254 e. The van der Waals surface area contributed by atoms with E-state index < -0.39 is 0 Å². The summed E-state index contributed by atoms with van der Waals surface area (Å²) < 4.78 is 14.7. The zero-order valence-electron chi connectivity index (χ0n) is 38.7. The second-order valence-corrected chi connectivity index (χ2v) is 20.5. The van der Waals surface area contributed by atoms with E-state index in [-0.39, 0.29) is 6.71 Å². The molecule has 0 spiro atoms. The van der Waals surface area contributed by atoms with E-state index in [9.17, 15) is 0 Å². The Labute approximate surface area is 417 Å². The molecule has 332 valence electrons. The van der Waals surface area contributed by atoms with Gasteiger partial charge in [0.15, 0.2) is 0 Å². The molecule has 0 fully saturated rings. The molecule has 17 rings (SSSR count). The first-order chi connectivity index (χ1) is 35.7. The molecule has 0 N–H and O–H groups in total. The van der Waals surface area contributed by atoms with Crippen LogP contribution in [0.2, 0.25) is 0 Å². The molecule has 6 heteroatoms. The number of hydrogen-bond acceptors (Lipinski definition) is 3. The number of fused-ring (bicyclic) bond motifs is 17. The van der Waals surface area contributed by atoms with Crippen LogP contribution in [0.15, 0.2) is 235 Å². The minimum absolute atomic E-state index is 0.147. The topological polar surface area (TPSA) is 26.2 Å². The number of aromatic nitrogens is 2. The molecule has 0 saturated heterocycles. The molecule has 0 unspecified atom stereocenters. The lowest BCUT2D eigenvalue weighted by Crippen LogP contribution is -2.60. The van der Waals surface area contributed by atoms with Gasteiger partial charge in [-0.3, -0.25) is 0 Å². The molecule has 15 aromatic rings. The molecule has 0 atom stereocenters. The molecule has 4 aromatic heterocycles. The van der Waals surface area contributed by atoms with Crippen LogP contribution < -0.4 is 21.3 Å². The number of anilines is 3. The third-order valence-corrected chi connectivity index (χ3v) is 17.1. The van der Waals surface area contributed by atoms with E-state index in [4.69, 9.17) is 4.42 Å². The second kappa shape index (κ2) is 14.3. The molecule has 72 heavy (non-hydrogen) atoms. The first-order valence-corrected chi connectivity index (χ1v) is 25.6. The van der Waals surface area contributed by atoms with Crippen molar-refractivity contribution in [3.8, 4) is 33.6 Å². The Morgan fingerprint density at radius 1 is 0.375 bits per heavy atom. The highest BCUT2D eigenvalue weighted by Gasteiger charge is 2.45. The van der Waals surface area contributed by atoms with Crippen LogP contribution in [0.25, 0.3) is 119 Å². The van der Waals surface area contributed by atoms with E-state index in [1.807, 2.05) is 11.3 Å². The van der Waals surface area contributed by atoms with Crippen LogP contribution >= 0.6 is 11.3 Å². The van der Waals surface area contributed by atoms with Gasteiger partial charge in [-0.1, -0.05) is 170 Å². The van der Waals surface area contributed by atoms with Gasteiger partial charge in [-0.15, -0.1) is 11.3 Å². The van der Waals surface area contributed by atoms with E-state index in [1.54, 1.807) is 0 Å². The van der Waals surface area contributed by atoms with Crippen LogP contribution in [0, 0.1) is 0 Å². The Morgan fingerprint density at radius 3 is 1.64 bits per heavy atom. The summed E-state index contributed by atoms with van der Waals surface area (Å²) in [4.78, 5) is 2.65. The van der Waals surface area contributed by atoms with E-state index in [1.165, 1.54) is 85.9 Å². The summed E-state index contributed by atoms with van der Waals surface area (Å²) >= 11 is 1.93. The molecule has 0 amide bonds. The van der Waals surface area contributed by atoms with Crippen molar-refractivity contribution in [2.24, 2.45) is 0 Å². The van der Waals surface area contributed by atoms with Crippen molar-refractivity contribution in [1.82, 2.24) is 9.13 Å². The van der Waals surface area contributed by atoms with Gasteiger partial charge in [0, 0.05) is 80.7 Å². The zero-order valence-corrected chi connectivity index (χ0v) is 39.5. The highest BCUT2D eigenvalue weighted by Crippen LogP contribution is 2.51. The van der Waals surface area contributed by atoms with Gasteiger partial charge in [-0.25, -0.2) is 0 Å². The van der Waals surface area contributed by atoms with Crippen LogP contribution in [-0.4, -0.2) is 15.8 Å². The van der Waals surface area contributed by atoms with Gasteiger partial charge in [0.2, 0.25) is 0 Å². The summed E-state index contributed by atoms with van der Waals surface area (Å²) in [5, 5.41) is 9.83. The Morgan fingerprint density at radius 2 is 0.944 bits per heavy atom. The second-order valence-electron chi connectivity index (χ2n) is 19.5. The zero-order chi connectivity index (χ0) is 46.8. The van der Waals surface area contributed by atoms with Gasteiger partial charge in [-0.2, -0.15) is 0 Å². The van der Waals surface area contributed by atoms with E-state index in [2.05, 4.69) is 245 Å². The highest BCUT2D eigenvalue weighted by molar-refractivity contribution is 7.28. The average molecular weight is 932 g/mol. The highest BCUT2D eigenvalue weighted by atomic mass is 32.1. The van der Waals surface area contributed by atoms with Crippen LogP contribution in [0.4, 0.5) is 17.1 Å². The summed E-state index contributed by atoms with van der Waals surface area (Å²) in [6.07, 6.45) is 0. The summed E-state index contributed by atoms with van der Waals surface area (Å²) in [7, 11) is 0. The van der Waals surface area contributed by atoms with Gasteiger partial charge in [0.1, 0.15) is 11.2 Å². The number of benzene rings is 11. The van der Waals surface area contributed by atoms with Crippen LogP contribution in [0.3, 0.4) is 0 Å². The standard InChI is InChI=1S/C66H38BN3OS/c1-3-18-39(19-4-1)42-27-17-28-43(40-20-5-2-6-21-40)64(42)70-56-37-49-47-25-10-15-32-59(47)71-60(49)38-52(56)67-62-57(34-41(35-58(62)70)68-53-29-12-7-22-44(53)45-23-8-13-30-54(45)68)69-55-31-14-9-24-46(55)50-36-51-48-26-11-16-33-61(48)72-66(51)63(67)65(50)69/h1-38H. The number of nitrogens with zero attached hydrogens (tertiary/aromatic N) is 3. The Bertz CT molecular complexity index is 4720. The minimum Gasteiger partial charge on any atom is -0.456 e. The fourth-order valence-electron chi connectivity index (χ4n) is 13.0.